The molecule has 0 aromatic heterocycles. The highest BCUT2D eigenvalue weighted by Gasteiger charge is 2.36. The average molecular weight is 378 g/mol. The van der Waals surface area contributed by atoms with E-state index in [0.29, 0.717) is 0 Å². The second-order valence-electron chi connectivity index (χ2n) is 3.78. The molecule has 0 saturated heterocycles. The lowest BCUT2D eigenvalue weighted by Gasteiger charge is -2.16. The van der Waals surface area contributed by atoms with Crippen molar-refractivity contribution in [1.82, 2.24) is 0 Å². The van der Waals surface area contributed by atoms with Crippen molar-refractivity contribution in [1.29, 1.82) is 0 Å². The Kier molecular flexibility index (Phi) is 4.43. The molecule has 4 unspecified atom stereocenters. The van der Waals surface area contributed by atoms with Gasteiger partial charge in [-0.25, -0.2) is 0 Å². The van der Waals surface area contributed by atoms with E-state index >= 15 is 0 Å². The molecular formula is C9H16I2. The van der Waals surface area contributed by atoms with Crippen LogP contribution in [0.5, 0.6) is 0 Å². The molecule has 11 heavy (non-hydrogen) atoms. The van der Waals surface area contributed by atoms with Crippen molar-refractivity contribution in [2.24, 2.45) is 23.7 Å². The molecule has 0 aromatic carbocycles. The number of alkyl halides is 2. The molecule has 0 nitrogen and oxygen atoms in total. The highest BCUT2D eigenvalue weighted by molar-refractivity contribution is 14.1. The lowest BCUT2D eigenvalue weighted by atomic mass is 9.92. The largest absolute Gasteiger partial charge is 0.0861 e. The van der Waals surface area contributed by atoms with Crippen molar-refractivity contribution < 1.29 is 0 Å². The van der Waals surface area contributed by atoms with Gasteiger partial charge in [-0.05, 0) is 30.1 Å². The maximum absolute atomic E-state index is 2.54. The lowest BCUT2D eigenvalue weighted by Crippen LogP contribution is -2.12. The first-order valence-corrected chi connectivity index (χ1v) is 7.37. The normalized spacial score (nSPS) is 44.7. The van der Waals surface area contributed by atoms with Gasteiger partial charge >= 0.3 is 0 Å². The number of halogens is 2. The van der Waals surface area contributed by atoms with Gasteiger partial charge < -0.3 is 0 Å². The molecule has 0 bridgehead atoms. The van der Waals surface area contributed by atoms with E-state index in [1.807, 2.05) is 0 Å². The predicted octanol–water partition coefficient (Wildman–Crippen LogP) is 3.76. The van der Waals surface area contributed by atoms with Crippen LogP contribution in [0.2, 0.25) is 0 Å². The van der Waals surface area contributed by atoms with E-state index in [4.69, 9.17) is 0 Å². The van der Waals surface area contributed by atoms with E-state index in [0.717, 1.165) is 23.7 Å². The van der Waals surface area contributed by atoms with Gasteiger partial charge in [-0.3, -0.25) is 0 Å². The minimum Gasteiger partial charge on any atom is -0.0861 e. The first kappa shape index (κ1) is 10.5. The van der Waals surface area contributed by atoms with Crippen molar-refractivity contribution in [2.45, 2.75) is 20.3 Å². The Morgan fingerprint density at radius 2 is 1.36 bits per heavy atom. The van der Waals surface area contributed by atoms with Crippen LogP contribution in [0.15, 0.2) is 0 Å². The van der Waals surface area contributed by atoms with E-state index in [-0.39, 0.29) is 0 Å². The molecule has 0 aliphatic heterocycles. The zero-order valence-corrected chi connectivity index (χ0v) is 11.5. The number of rotatable bonds is 2. The van der Waals surface area contributed by atoms with E-state index in [9.17, 15) is 0 Å². The molecule has 66 valence electrons. The summed E-state index contributed by atoms with van der Waals surface area (Å²) in [5.74, 6) is 3.94. The van der Waals surface area contributed by atoms with Crippen LogP contribution in [0, 0.1) is 23.7 Å². The minimum atomic E-state index is 0.965. The van der Waals surface area contributed by atoms with Gasteiger partial charge in [0.2, 0.25) is 0 Å². The molecule has 1 fully saturated rings. The third kappa shape index (κ3) is 2.23. The summed E-state index contributed by atoms with van der Waals surface area (Å²) in [4.78, 5) is 0. The maximum atomic E-state index is 2.54. The van der Waals surface area contributed by atoms with Crippen LogP contribution in [0.1, 0.15) is 20.3 Å². The Hall–Kier alpha value is 1.46. The maximum Gasteiger partial charge on any atom is 0.00264 e. The van der Waals surface area contributed by atoms with Crippen LogP contribution in [-0.2, 0) is 0 Å². The molecule has 1 saturated carbocycles. The van der Waals surface area contributed by atoms with Crippen LogP contribution >= 0.6 is 45.2 Å². The van der Waals surface area contributed by atoms with Gasteiger partial charge in [0.25, 0.3) is 0 Å². The van der Waals surface area contributed by atoms with Crippen molar-refractivity contribution in [3.63, 3.8) is 0 Å². The number of hydrogen-bond donors (Lipinski definition) is 0. The van der Waals surface area contributed by atoms with Crippen LogP contribution in [0.3, 0.4) is 0 Å². The molecule has 1 rings (SSSR count). The molecule has 0 spiro atoms. The average Bonchev–Trinajstić information content (AvgIpc) is 2.30. The molecular weight excluding hydrogens is 362 g/mol. The van der Waals surface area contributed by atoms with Crippen molar-refractivity contribution >= 4 is 45.2 Å². The quantitative estimate of drug-likeness (QED) is 0.507. The second kappa shape index (κ2) is 4.63. The summed E-state index contributed by atoms with van der Waals surface area (Å²) in [6.07, 6.45) is 1.48. The third-order valence-electron chi connectivity index (χ3n) is 3.32. The summed E-state index contributed by atoms with van der Waals surface area (Å²) in [5, 5.41) is 0. The first-order valence-electron chi connectivity index (χ1n) is 4.32. The molecule has 0 radical (unpaired) electrons. The molecule has 0 N–H and O–H groups in total. The predicted molar refractivity (Wildman–Crippen MR) is 67.7 cm³/mol. The molecule has 1 aliphatic carbocycles. The Morgan fingerprint density at radius 1 is 1.00 bits per heavy atom. The molecule has 1 aliphatic rings. The van der Waals surface area contributed by atoms with Crippen LogP contribution in [0.4, 0.5) is 0 Å². The van der Waals surface area contributed by atoms with Crippen LogP contribution in [-0.4, -0.2) is 8.86 Å². The minimum absolute atomic E-state index is 0.965. The Balaban J connectivity index is 2.53. The Morgan fingerprint density at radius 3 is 1.55 bits per heavy atom. The van der Waals surface area contributed by atoms with Gasteiger partial charge in [0.05, 0.1) is 0 Å². The van der Waals surface area contributed by atoms with E-state index in [1.165, 1.54) is 15.3 Å². The molecule has 0 amide bonds. The van der Waals surface area contributed by atoms with Gasteiger partial charge in [-0.15, -0.1) is 0 Å². The van der Waals surface area contributed by atoms with Crippen molar-refractivity contribution in [3.8, 4) is 0 Å². The van der Waals surface area contributed by atoms with Crippen LogP contribution < -0.4 is 0 Å². The standard InChI is InChI=1S/C9H16I2/c1-6-7(2)9(5-11)3-8(6)4-10/h6-9H,3-5H2,1-2H3. The van der Waals surface area contributed by atoms with E-state index < -0.39 is 0 Å². The molecule has 0 aromatic rings. The monoisotopic (exact) mass is 378 g/mol. The summed E-state index contributed by atoms with van der Waals surface area (Å²) in [6, 6.07) is 0. The fourth-order valence-corrected chi connectivity index (χ4v) is 4.41. The summed E-state index contributed by atoms with van der Waals surface area (Å²) in [7, 11) is 0. The second-order valence-corrected chi connectivity index (χ2v) is 5.54. The topological polar surface area (TPSA) is 0 Å². The molecule has 0 heterocycles. The summed E-state index contributed by atoms with van der Waals surface area (Å²) < 4.78 is 2.72. The fourth-order valence-electron chi connectivity index (χ4n) is 2.08. The highest BCUT2D eigenvalue weighted by Crippen LogP contribution is 2.42. The van der Waals surface area contributed by atoms with Crippen molar-refractivity contribution in [2.75, 3.05) is 8.86 Å². The van der Waals surface area contributed by atoms with Gasteiger partial charge in [-0.1, -0.05) is 59.0 Å². The van der Waals surface area contributed by atoms with Crippen molar-refractivity contribution in [3.05, 3.63) is 0 Å². The first-order chi connectivity index (χ1) is 5.20. The zero-order valence-electron chi connectivity index (χ0n) is 7.19. The fraction of sp³-hybridized carbons (Fsp3) is 1.00. The van der Waals surface area contributed by atoms with Gasteiger partial charge in [0.1, 0.15) is 0 Å². The van der Waals surface area contributed by atoms with Gasteiger partial charge in [0.15, 0.2) is 0 Å². The van der Waals surface area contributed by atoms with Gasteiger partial charge in [-0.2, -0.15) is 0 Å². The van der Waals surface area contributed by atoms with Crippen LogP contribution in [0.25, 0.3) is 0 Å². The SMILES string of the molecule is CC1C(CI)CC(CI)C1C. The summed E-state index contributed by atoms with van der Waals surface area (Å²) in [5.41, 5.74) is 0. The Bertz CT molecular complexity index is 107. The smallest absolute Gasteiger partial charge is 0.00264 e. The molecule has 4 atom stereocenters. The summed E-state index contributed by atoms with van der Waals surface area (Å²) >= 11 is 5.08. The lowest BCUT2D eigenvalue weighted by molar-refractivity contribution is 0.359. The number of hydrogen-bond acceptors (Lipinski definition) is 0. The molecule has 2 heteroatoms. The zero-order chi connectivity index (χ0) is 8.43. The Labute approximate surface area is 97.2 Å². The highest BCUT2D eigenvalue weighted by atomic mass is 127. The van der Waals surface area contributed by atoms with Gasteiger partial charge in [0, 0.05) is 8.86 Å². The third-order valence-corrected chi connectivity index (χ3v) is 5.58. The van der Waals surface area contributed by atoms with E-state index in [2.05, 4.69) is 59.0 Å². The summed E-state index contributed by atoms with van der Waals surface area (Å²) in [6.45, 7) is 4.86. The van der Waals surface area contributed by atoms with E-state index in [1.54, 1.807) is 0 Å².